The van der Waals surface area contributed by atoms with Gasteiger partial charge in [-0.05, 0) is 56.3 Å². The van der Waals surface area contributed by atoms with Gasteiger partial charge in [0, 0.05) is 34.2 Å². The zero-order valence-electron chi connectivity index (χ0n) is 16.5. The number of ether oxygens (including phenoxy) is 2. The molecule has 30 heavy (non-hydrogen) atoms. The van der Waals surface area contributed by atoms with E-state index in [-0.39, 0.29) is 17.4 Å². The third-order valence-corrected chi connectivity index (χ3v) is 5.90. The molecule has 0 bridgehead atoms. The van der Waals surface area contributed by atoms with E-state index in [0.717, 1.165) is 23.3 Å². The lowest BCUT2D eigenvalue weighted by Crippen LogP contribution is -2.20. The highest BCUT2D eigenvalue weighted by Gasteiger charge is 2.21. The Bertz CT molecular complexity index is 1270. The molecule has 0 aliphatic carbocycles. The van der Waals surface area contributed by atoms with Gasteiger partial charge in [-0.1, -0.05) is 11.6 Å². The van der Waals surface area contributed by atoms with E-state index in [1.54, 1.807) is 30.3 Å². The second kappa shape index (κ2) is 8.50. The fourth-order valence-corrected chi connectivity index (χ4v) is 4.33. The van der Waals surface area contributed by atoms with Crippen molar-refractivity contribution in [3.05, 3.63) is 77.7 Å². The van der Waals surface area contributed by atoms with E-state index in [1.165, 1.54) is 17.4 Å². The van der Waals surface area contributed by atoms with Gasteiger partial charge < -0.3 is 14.5 Å². The molecule has 0 fully saturated rings. The first-order valence-electron chi connectivity index (χ1n) is 9.62. The molecule has 0 spiro atoms. The number of Topliss-reactive ketones (excluding diaryl/α,β-unsaturated/α-hetero) is 1. The first-order chi connectivity index (χ1) is 14.4. The standard InChI is InChI=1S/C23H20ClNO4S/c1-3-28-19-9-15-8-13(2)29-20(15)10-16(19)11-21-23(27)25-22(30-21)12-18(26)14-4-6-17(24)7-5-14/h4-7,9-13H,3,8H2,1-2H3,(H,25,27)/b21-11-,22-12-. The minimum absolute atomic E-state index is 0.120. The molecule has 0 saturated heterocycles. The molecule has 1 atom stereocenters. The van der Waals surface area contributed by atoms with E-state index < -0.39 is 0 Å². The van der Waals surface area contributed by atoms with Gasteiger partial charge in [0.05, 0.1) is 15.8 Å². The number of hydrogen-bond donors (Lipinski definition) is 1. The average molecular weight is 442 g/mol. The molecule has 0 radical (unpaired) electrons. The second-order valence-corrected chi connectivity index (χ2v) is 8.53. The summed E-state index contributed by atoms with van der Waals surface area (Å²) >= 11 is 7.08. The molecule has 0 saturated carbocycles. The number of nitrogens with one attached hydrogen (secondary N) is 1. The molecule has 2 aromatic carbocycles. The van der Waals surface area contributed by atoms with Crippen LogP contribution < -0.4 is 24.2 Å². The molecule has 1 aliphatic rings. The molecule has 0 amide bonds. The Morgan fingerprint density at radius 1 is 1.33 bits per heavy atom. The molecule has 4 rings (SSSR count). The summed E-state index contributed by atoms with van der Waals surface area (Å²) in [6, 6.07) is 10.5. The number of aromatic nitrogens is 1. The van der Waals surface area contributed by atoms with Gasteiger partial charge in [0.15, 0.2) is 5.78 Å². The van der Waals surface area contributed by atoms with Crippen molar-refractivity contribution >= 4 is 40.9 Å². The maximum atomic E-state index is 12.5. The van der Waals surface area contributed by atoms with E-state index in [0.29, 0.717) is 32.1 Å². The normalized spacial score (nSPS) is 16.4. The minimum atomic E-state index is -0.257. The van der Waals surface area contributed by atoms with E-state index >= 15 is 0 Å². The van der Waals surface area contributed by atoms with E-state index in [1.807, 2.05) is 26.0 Å². The van der Waals surface area contributed by atoms with Crippen molar-refractivity contribution in [1.82, 2.24) is 4.98 Å². The minimum Gasteiger partial charge on any atom is -0.493 e. The Labute approximate surface area is 182 Å². The lowest BCUT2D eigenvalue weighted by Gasteiger charge is -2.09. The quantitative estimate of drug-likeness (QED) is 0.617. The van der Waals surface area contributed by atoms with Crippen molar-refractivity contribution in [3.63, 3.8) is 0 Å². The van der Waals surface area contributed by atoms with Gasteiger partial charge in [-0.15, -0.1) is 11.3 Å². The van der Waals surface area contributed by atoms with Crippen LogP contribution in [0.2, 0.25) is 5.02 Å². The van der Waals surface area contributed by atoms with Crippen molar-refractivity contribution in [2.75, 3.05) is 6.61 Å². The smallest absolute Gasteiger partial charge is 0.266 e. The van der Waals surface area contributed by atoms with E-state index in [4.69, 9.17) is 21.1 Å². The predicted octanol–water partition coefficient (Wildman–Crippen LogP) is 3.30. The SMILES string of the molecule is CCOc1cc2c(cc1/C=c1\s/c(=C\C(=O)c3ccc(Cl)cc3)[nH]c1=O)OC(C)C2. The number of benzene rings is 2. The molecule has 3 aromatic rings. The van der Waals surface area contributed by atoms with Crippen molar-refractivity contribution in [1.29, 1.82) is 0 Å². The van der Waals surface area contributed by atoms with Crippen molar-refractivity contribution < 1.29 is 14.3 Å². The Kier molecular flexibility index (Phi) is 5.79. The summed E-state index contributed by atoms with van der Waals surface area (Å²) < 4.78 is 12.6. The van der Waals surface area contributed by atoms with Crippen LogP contribution in [0.25, 0.3) is 12.2 Å². The lowest BCUT2D eigenvalue weighted by atomic mass is 10.1. The zero-order chi connectivity index (χ0) is 21.3. The summed E-state index contributed by atoms with van der Waals surface area (Å²) in [5.74, 6) is 1.32. The van der Waals surface area contributed by atoms with Crippen LogP contribution in [0.3, 0.4) is 0 Å². The number of carbonyl (C=O) groups is 1. The van der Waals surface area contributed by atoms with Crippen LogP contribution in [-0.2, 0) is 6.42 Å². The molecule has 1 aromatic heterocycles. The van der Waals surface area contributed by atoms with E-state index in [9.17, 15) is 9.59 Å². The first-order valence-corrected chi connectivity index (χ1v) is 10.8. The number of fused-ring (bicyclic) bond motifs is 1. The van der Waals surface area contributed by atoms with Crippen LogP contribution in [-0.4, -0.2) is 23.5 Å². The highest BCUT2D eigenvalue weighted by Crippen LogP contribution is 2.35. The number of H-pyrrole nitrogens is 1. The third-order valence-electron chi connectivity index (χ3n) is 4.69. The molecular weight excluding hydrogens is 422 g/mol. The Balaban J connectivity index is 1.73. The third kappa shape index (κ3) is 4.35. The Morgan fingerprint density at radius 3 is 2.83 bits per heavy atom. The highest BCUT2D eigenvalue weighted by atomic mass is 35.5. The lowest BCUT2D eigenvalue weighted by molar-refractivity contribution is 0.106. The number of thiazole rings is 1. The van der Waals surface area contributed by atoms with Crippen LogP contribution in [0.15, 0.2) is 41.2 Å². The molecule has 7 heteroatoms. The predicted molar refractivity (Wildman–Crippen MR) is 119 cm³/mol. The maximum Gasteiger partial charge on any atom is 0.266 e. The van der Waals surface area contributed by atoms with Gasteiger partial charge >= 0.3 is 0 Å². The fraction of sp³-hybridized carbons (Fsp3) is 0.217. The van der Waals surface area contributed by atoms with E-state index in [2.05, 4.69) is 4.98 Å². The molecule has 2 heterocycles. The topological polar surface area (TPSA) is 68.4 Å². The summed E-state index contributed by atoms with van der Waals surface area (Å²) in [6.07, 6.45) is 4.14. The average Bonchev–Trinajstić information content (AvgIpc) is 3.23. The van der Waals surface area contributed by atoms with Crippen LogP contribution in [0.1, 0.15) is 35.3 Å². The number of hydrogen-bond acceptors (Lipinski definition) is 5. The number of aromatic amines is 1. The Morgan fingerprint density at radius 2 is 2.10 bits per heavy atom. The van der Waals surface area contributed by atoms with Gasteiger partial charge in [0.25, 0.3) is 5.56 Å². The summed E-state index contributed by atoms with van der Waals surface area (Å²) in [5.41, 5.74) is 2.12. The van der Waals surface area contributed by atoms with Crippen molar-refractivity contribution in [3.8, 4) is 11.5 Å². The number of halogens is 1. The summed E-state index contributed by atoms with van der Waals surface area (Å²) in [5, 5.41) is 0.561. The molecule has 154 valence electrons. The molecule has 1 N–H and O–H groups in total. The van der Waals surface area contributed by atoms with Crippen molar-refractivity contribution in [2.24, 2.45) is 0 Å². The second-order valence-electron chi connectivity index (χ2n) is 7.01. The van der Waals surface area contributed by atoms with Crippen LogP contribution in [0.4, 0.5) is 0 Å². The molecule has 1 aliphatic heterocycles. The number of ketones is 1. The monoisotopic (exact) mass is 441 g/mol. The van der Waals surface area contributed by atoms with Crippen molar-refractivity contribution in [2.45, 2.75) is 26.4 Å². The molecule has 1 unspecified atom stereocenters. The van der Waals surface area contributed by atoms with Gasteiger partial charge in [-0.3, -0.25) is 9.59 Å². The number of rotatable bonds is 5. The van der Waals surface area contributed by atoms with Gasteiger partial charge in [0.1, 0.15) is 17.6 Å². The summed E-state index contributed by atoms with van der Waals surface area (Å²) in [6.45, 7) is 4.46. The molecular formula is C23H20ClNO4S. The first kappa shape index (κ1) is 20.4. The Hall–Kier alpha value is -2.83. The maximum absolute atomic E-state index is 12.5. The molecule has 5 nitrogen and oxygen atoms in total. The van der Waals surface area contributed by atoms with Crippen LogP contribution >= 0.6 is 22.9 Å². The van der Waals surface area contributed by atoms with Gasteiger partial charge in [0.2, 0.25) is 0 Å². The van der Waals surface area contributed by atoms with Crippen LogP contribution in [0, 0.1) is 0 Å². The largest absolute Gasteiger partial charge is 0.493 e. The summed E-state index contributed by atoms with van der Waals surface area (Å²) in [7, 11) is 0. The van der Waals surface area contributed by atoms with Gasteiger partial charge in [-0.25, -0.2) is 0 Å². The summed E-state index contributed by atoms with van der Waals surface area (Å²) in [4.78, 5) is 27.7. The fourth-order valence-electron chi connectivity index (χ4n) is 3.33. The zero-order valence-corrected chi connectivity index (χ0v) is 18.1. The number of carbonyl (C=O) groups excluding carboxylic acids is 1. The highest BCUT2D eigenvalue weighted by molar-refractivity contribution is 7.07. The van der Waals surface area contributed by atoms with Gasteiger partial charge in [-0.2, -0.15) is 0 Å². The van der Waals surface area contributed by atoms with Crippen LogP contribution in [0.5, 0.6) is 11.5 Å².